The summed E-state index contributed by atoms with van der Waals surface area (Å²) in [4.78, 5) is 2.41. The topological polar surface area (TPSA) is 52.7 Å². The van der Waals surface area contributed by atoms with Gasteiger partial charge in [0.05, 0.1) is 25.0 Å². The molecule has 0 saturated carbocycles. The first-order valence-corrected chi connectivity index (χ1v) is 10.4. The third-order valence-corrected chi connectivity index (χ3v) is 5.41. The number of methoxy groups -OCH3 is 1. The lowest BCUT2D eigenvalue weighted by Crippen LogP contribution is -2.37. The van der Waals surface area contributed by atoms with Crippen LogP contribution in [-0.4, -0.2) is 54.2 Å². The number of rotatable bonds is 8. The van der Waals surface area contributed by atoms with Crippen molar-refractivity contribution in [2.24, 2.45) is 0 Å². The predicted octanol–water partition coefficient (Wildman–Crippen LogP) is 4.21. The van der Waals surface area contributed by atoms with Crippen molar-refractivity contribution in [3.63, 3.8) is 0 Å². The van der Waals surface area contributed by atoms with Crippen LogP contribution in [0.5, 0.6) is 0 Å². The Morgan fingerprint density at radius 1 is 1.17 bits per heavy atom. The largest absolute Gasteiger partial charge is 0.460 e. The van der Waals surface area contributed by atoms with Gasteiger partial charge in [-0.25, -0.2) is 9.07 Å². The molecule has 1 saturated heterocycles. The molecular weight excluding hydrogens is 385 g/mol. The molecule has 160 valence electrons. The molecule has 30 heavy (non-hydrogen) atoms. The quantitative estimate of drug-likeness (QED) is 0.518. The van der Waals surface area contributed by atoms with Crippen molar-refractivity contribution < 1.29 is 18.3 Å². The summed E-state index contributed by atoms with van der Waals surface area (Å²) >= 11 is 0. The minimum absolute atomic E-state index is 0.282. The van der Waals surface area contributed by atoms with Gasteiger partial charge in [0.1, 0.15) is 17.3 Å². The molecule has 3 heterocycles. The van der Waals surface area contributed by atoms with Gasteiger partial charge in [0.2, 0.25) is 0 Å². The van der Waals surface area contributed by atoms with E-state index < -0.39 is 0 Å². The lowest BCUT2D eigenvalue weighted by atomic mass is 10.1. The summed E-state index contributed by atoms with van der Waals surface area (Å²) in [6.07, 6.45) is 4.26. The minimum atomic E-state index is -0.282. The summed E-state index contributed by atoms with van der Waals surface area (Å²) < 4.78 is 32.2. The van der Waals surface area contributed by atoms with Gasteiger partial charge >= 0.3 is 0 Å². The van der Waals surface area contributed by atoms with Crippen molar-refractivity contribution in [1.29, 1.82) is 0 Å². The molecule has 3 aromatic rings. The summed E-state index contributed by atoms with van der Waals surface area (Å²) in [5.74, 6) is 1.29. The number of aryl methyl sites for hydroxylation is 1. The normalized spacial score (nSPS) is 15.7. The molecule has 1 aliphatic rings. The molecule has 0 N–H and O–H groups in total. The zero-order valence-corrected chi connectivity index (χ0v) is 17.5. The van der Waals surface area contributed by atoms with Gasteiger partial charge < -0.3 is 13.9 Å². The van der Waals surface area contributed by atoms with E-state index in [9.17, 15) is 4.39 Å². The van der Waals surface area contributed by atoms with E-state index in [2.05, 4.69) is 4.90 Å². The van der Waals surface area contributed by atoms with Gasteiger partial charge in [-0.2, -0.15) is 5.10 Å². The summed E-state index contributed by atoms with van der Waals surface area (Å²) in [6, 6.07) is 10.3. The highest BCUT2D eigenvalue weighted by Gasteiger charge is 2.23. The number of nitrogens with zero attached hydrogens (tertiary/aromatic N) is 3. The highest BCUT2D eigenvalue weighted by Crippen LogP contribution is 2.28. The summed E-state index contributed by atoms with van der Waals surface area (Å²) in [6.45, 7) is 5.87. The van der Waals surface area contributed by atoms with E-state index in [-0.39, 0.29) is 5.82 Å². The van der Waals surface area contributed by atoms with E-state index in [0.717, 1.165) is 55.3 Å². The van der Waals surface area contributed by atoms with Crippen molar-refractivity contribution in [2.75, 3.05) is 33.4 Å². The number of likely N-dealkylation sites (tertiary alicyclic amines) is 1. The Labute approximate surface area is 176 Å². The van der Waals surface area contributed by atoms with Crippen LogP contribution in [0.4, 0.5) is 4.39 Å². The van der Waals surface area contributed by atoms with Crippen molar-refractivity contribution >= 4 is 0 Å². The van der Waals surface area contributed by atoms with Crippen molar-refractivity contribution in [2.45, 2.75) is 32.4 Å². The zero-order valence-electron chi connectivity index (χ0n) is 17.5. The van der Waals surface area contributed by atoms with Gasteiger partial charge in [0.25, 0.3) is 0 Å². The van der Waals surface area contributed by atoms with Gasteiger partial charge in [0, 0.05) is 38.5 Å². The maximum atomic E-state index is 13.7. The predicted molar refractivity (Wildman–Crippen MR) is 112 cm³/mol. The number of furan rings is 1. The Kier molecular flexibility index (Phi) is 6.62. The fourth-order valence-corrected chi connectivity index (χ4v) is 3.82. The summed E-state index contributed by atoms with van der Waals surface area (Å²) in [5, 5.41) is 4.73. The first-order valence-electron chi connectivity index (χ1n) is 10.4. The Morgan fingerprint density at radius 3 is 2.70 bits per heavy atom. The van der Waals surface area contributed by atoms with Crippen LogP contribution < -0.4 is 0 Å². The van der Waals surface area contributed by atoms with Gasteiger partial charge in [-0.05, 0) is 50.1 Å². The number of halogens is 1. The third kappa shape index (κ3) is 4.98. The van der Waals surface area contributed by atoms with E-state index in [1.165, 1.54) is 12.1 Å². The molecule has 1 fully saturated rings. The van der Waals surface area contributed by atoms with Gasteiger partial charge in [-0.1, -0.05) is 6.07 Å². The van der Waals surface area contributed by atoms with Crippen LogP contribution in [0.15, 0.2) is 47.0 Å². The summed E-state index contributed by atoms with van der Waals surface area (Å²) in [5.41, 5.74) is 2.55. The second-order valence-electron chi connectivity index (χ2n) is 7.68. The average molecular weight is 413 g/mol. The van der Waals surface area contributed by atoms with Crippen LogP contribution in [0.2, 0.25) is 0 Å². The molecule has 1 aliphatic heterocycles. The molecule has 4 rings (SSSR count). The second kappa shape index (κ2) is 9.55. The van der Waals surface area contributed by atoms with Crippen molar-refractivity contribution in [3.05, 3.63) is 59.7 Å². The smallest absolute Gasteiger partial charge is 0.154 e. The average Bonchev–Trinajstić information content (AvgIpc) is 3.36. The molecule has 0 unspecified atom stereocenters. The number of hydrogen-bond donors (Lipinski definition) is 0. The molecule has 1 aromatic carbocycles. The maximum absolute atomic E-state index is 13.7. The van der Waals surface area contributed by atoms with Crippen molar-refractivity contribution in [1.82, 2.24) is 14.7 Å². The molecule has 0 radical (unpaired) electrons. The van der Waals surface area contributed by atoms with Crippen LogP contribution in [0.3, 0.4) is 0 Å². The summed E-state index contributed by atoms with van der Waals surface area (Å²) in [7, 11) is 1.69. The highest BCUT2D eigenvalue weighted by atomic mass is 19.1. The third-order valence-electron chi connectivity index (χ3n) is 5.41. The van der Waals surface area contributed by atoms with Crippen LogP contribution in [0.25, 0.3) is 17.1 Å². The minimum Gasteiger partial charge on any atom is -0.460 e. The van der Waals surface area contributed by atoms with Gasteiger partial charge in [-0.15, -0.1) is 0 Å². The Balaban J connectivity index is 1.51. The first kappa shape index (κ1) is 20.8. The number of ether oxygens (including phenoxy) is 2. The van der Waals surface area contributed by atoms with Crippen LogP contribution in [-0.2, 0) is 16.0 Å². The number of benzene rings is 1. The molecule has 7 heteroatoms. The lowest BCUT2D eigenvalue weighted by molar-refractivity contribution is -0.0158. The van der Waals surface area contributed by atoms with E-state index in [4.69, 9.17) is 19.0 Å². The molecule has 0 aliphatic carbocycles. The van der Waals surface area contributed by atoms with E-state index in [1.54, 1.807) is 17.9 Å². The molecular formula is C23H28FN3O3. The van der Waals surface area contributed by atoms with Crippen LogP contribution in [0.1, 0.15) is 24.2 Å². The van der Waals surface area contributed by atoms with E-state index in [1.807, 2.05) is 31.3 Å². The van der Waals surface area contributed by atoms with Crippen molar-refractivity contribution in [3.8, 4) is 17.1 Å². The molecule has 0 atom stereocenters. The lowest BCUT2D eigenvalue weighted by Gasteiger charge is -2.31. The fourth-order valence-electron chi connectivity index (χ4n) is 3.82. The number of piperidine rings is 1. The molecule has 0 amide bonds. The van der Waals surface area contributed by atoms with Gasteiger partial charge in [0.15, 0.2) is 5.76 Å². The van der Waals surface area contributed by atoms with E-state index in [0.29, 0.717) is 25.0 Å². The first-order chi connectivity index (χ1) is 14.6. The second-order valence-corrected chi connectivity index (χ2v) is 7.68. The molecule has 2 aromatic heterocycles. The maximum Gasteiger partial charge on any atom is 0.154 e. The molecule has 6 nitrogen and oxygen atoms in total. The number of hydrogen-bond acceptors (Lipinski definition) is 5. The molecule has 0 bridgehead atoms. The SMILES string of the molecule is COCCOC1CCN(Cc2cn(-c3cccc(F)c3)nc2-c2ccc(C)o2)CC1. The van der Waals surface area contributed by atoms with Crippen LogP contribution in [0, 0.1) is 12.7 Å². The van der Waals surface area contributed by atoms with Gasteiger partial charge in [-0.3, -0.25) is 4.90 Å². The van der Waals surface area contributed by atoms with E-state index >= 15 is 0 Å². The highest BCUT2D eigenvalue weighted by molar-refractivity contribution is 5.58. The Morgan fingerprint density at radius 2 is 2.00 bits per heavy atom. The number of aromatic nitrogens is 2. The molecule has 0 spiro atoms. The van der Waals surface area contributed by atoms with Crippen LogP contribution >= 0.6 is 0 Å². The Hall–Kier alpha value is -2.48. The fraction of sp³-hybridized carbons (Fsp3) is 0.435. The standard InChI is InChI=1S/C23H28FN3O3/c1-17-6-7-22(30-17)23-18(16-27(25-23)20-5-3-4-19(24)14-20)15-26-10-8-21(9-11-26)29-13-12-28-2/h3-7,14,16,21H,8-13,15H2,1-2H3. The monoisotopic (exact) mass is 413 g/mol. The zero-order chi connectivity index (χ0) is 20.9. The Bertz CT molecular complexity index is 960.